The molecule has 0 fully saturated rings. The monoisotopic (exact) mass is 818 g/mol. The summed E-state index contributed by atoms with van der Waals surface area (Å²) >= 11 is -4.25. The molecule has 0 aliphatic heterocycles. The third-order valence-electron chi connectivity index (χ3n) is 8.81. The van der Waals surface area contributed by atoms with Crippen molar-refractivity contribution >= 4 is 65.2 Å². The molecule has 0 amide bonds. The average molecular weight is 816 g/mol. The van der Waals surface area contributed by atoms with Crippen LogP contribution in [-0.2, 0) is 0 Å². The van der Waals surface area contributed by atoms with Crippen LogP contribution in [0.3, 0.4) is 0 Å². The van der Waals surface area contributed by atoms with Gasteiger partial charge in [0.1, 0.15) is 0 Å². The first-order chi connectivity index (χ1) is 19.2. The topological polar surface area (TPSA) is 0 Å². The van der Waals surface area contributed by atoms with Gasteiger partial charge >= 0.3 is 261 Å². The molecule has 8 heteroatoms. The summed E-state index contributed by atoms with van der Waals surface area (Å²) in [4.78, 5) is 0.0692. The van der Waals surface area contributed by atoms with E-state index in [0.29, 0.717) is 5.79 Å². The molecule has 0 nitrogen and oxygen atoms in total. The van der Waals surface area contributed by atoms with E-state index >= 15 is 17.6 Å². The second-order valence-electron chi connectivity index (χ2n) is 12.0. The van der Waals surface area contributed by atoms with Crippen LogP contribution in [0.1, 0.15) is 119 Å². The van der Waals surface area contributed by atoms with Crippen LogP contribution in [0.5, 0.6) is 0 Å². The number of hydrogen-bond donors (Lipinski definition) is 0. The second-order valence-corrected chi connectivity index (χ2v) is 42.1. The minimum absolute atomic E-state index is 0.0346. The van der Waals surface area contributed by atoms with Gasteiger partial charge in [0.2, 0.25) is 0 Å². The maximum absolute atomic E-state index is 15.9. The first kappa shape index (κ1) is 36.9. The molecule has 0 N–H and O–H groups in total. The van der Waals surface area contributed by atoms with Crippen molar-refractivity contribution in [2.45, 2.75) is 145 Å². The van der Waals surface area contributed by atoms with Crippen LogP contribution in [0.2, 0.25) is 26.6 Å². The molecule has 0 atom stereocenters. The van der Waals surface area contributed by atoms with E-state index in [4.69, 9.17) is 0 Å². The Morgan fingerprint density at radius 3 is 0.825 bits per heavy atom. The molecule has 0 aromatic carbocycles. The van der Waals surface area contributed by atoms with Crippen molar-refractivity contribution < 1.29 is 17.6 Å². The van der Waals surface area contributed by atoms with Crippen molar-refractivity contribution in [2.24, 2.45) is 0 Å². The summed E-state index contributed by atoms with van der Waals surface area (Å²) in [5.74, 6) is -3.30. The van der Waals surface area contributed by atoms with Crippen molar-refractivity contribution in [3.8, 4) is 9.75 Å². The van der Waals surface area contributed by atoms with Crippen molar-refractivity contribution in [3.63, 3.8) is 0 Å². The molecule has 0 bridgehead atoms. The summed E-state index contributed by atoms with van der Waals surface area (Å²) in [6.45, 7) is 13.0. The molecule has 230 valence electrons. The fourth-order valence-electron chi connectivity index (χ4n) is 6.28. The predicted octanol–water partition coefficient (Wildman–Crippen LogP) is 12.1. The first-order valence-corrected chi connectivity index (χ1v) is 32.8. The van der Waals surface area contributed by atoms with E-state index in [1.807, 2.05) is 0 Å². The van der Waals surface area contributed by atoms with E-state index in [1.165, 1.54) is 22.7 Å². The molecule has 2 aromatic rings. The van der Waals surface area contributed by atoms with Crippen LogP contribution in [0.4, 0.5) is 17.6 Å². The zero-order valence-corrected chi connectivity index (χ0v) is 33.4. The fraction of sp³-hybridized carbons (Fsp3) is 0.750. The molecule has 0 spiro atoms. The summed E-state index contributed by atoms with van der Waals surface area (Å²) in [6.07, 6.45) is 12.4. The van der Waals surface area contributed by atoms with Crippen LogP contribution in [0, 0.1) is 23.3 Å². The standard InChI is InChI=1S/C8F4S2.6C4H9.2Sn/c9-3-1-13-7(5(3)11)8-6(12)4(10)2-14-8;6*1-3-4-2;;/h;6*1,3-4H2,2H3;;. The van der Waals surface area contributed by atoms with Crippen LogP contribution >= 0.6 is 22.7 Å². The van der Waals surface area contributed by atoms with E-state index in [-0.39, 0.29) is 9.75 Å². The quantitative estimate of drug-likeness (QED) is 0.0870. The molecule has 40 heavy (non-hydrogen) atoms. The van der Waals surface area contributed by atoms with Gasteiger partial charge in [0.15, 0.2) is 0 Å². The zero-order valence-electron chi connectivity index (χ0n) is 26.1. The van der Waals surface area contributed by atoms with Gasteiger partial charge in [-0.05, 0) is 0 Å². The molecule has 0 saturated heterocycles. The normalized spacial score (nSPS) is 12.6. The van der Waals surface area contributed by atoms with Crippen LogP contribution in [0.15, 0.2) is 0 Å². The Hall–Kier alpha value is 0.717. The van der Waals surface area contributed by atoms with Crippen molar-refractivity contribution in [3.05, 3.63) is 23.3 Å². The Morgan fingerprint density at radius 2 is 0.625 bits per heavy atom. The van der Waals surface area contributed by atoms with E-state index in [2.05, 4.69) is 41.5 Å². The Bertz CT molecular complexity index is 893. The van der Waals surface area contributed by atoms with Crippen LogP contribution in [-0.4, -0.2) is 36.8 Å². The fourth-order valence-corrected chi connectivity index (χ4v) is 47.1. The van der Waals surface area contributed by atoms with E-state index in [1.54, 1.807) is 0 Å². The van der Waals surface area contributed by atoms with E-state index in [0.717, 1.165) is 104 Å². The number of thiophene rings is 2. The Morgan fingerprint density at radius 1 is 0.400 bits per heavy atom. The van der Waals surface area contributed by atoms with Crippen molar-refractivity contribution in [1.29, 1.82) is 0 Å². The number of rotatable bonds is 21. The van der Waals surface area contributed by atoms with Gasteiger partial charge in [-0.15, -0.1) is 0 Å². The summed E-state index contributed by atoms with van der Waals surface area (Å²) in [7, 11) is 0. The van der Waals surface area contributed by atoms with Crippen LogP contribution < -0.4 is 5.79 Å². The first-order valence-electron chi connectivity index (χ1n) is 16.2. The van der Waals surface area contributed by atoms with Gasteiger partial charge < -0.3 is 0 Å². The van der Waals surface area contributed by atoms with Gasteiger partial charge in [0.05, 0.1) is 0 Å². The number of hydrogen-bond acceptors (Lipinski definition) is 2. The molecule has 0 aliphatic carbocycles. The van der Waals surface area contributed by atoms with Crippen molar-refractivity contribution in [2.75, 3.05) is 0 Å². The van der Waals surface area contributed by atoms with Gasteiger partial charge in [-0.3, -0.25) is 0 Å². The molecule has 2 rings (SSSR count). The summed E-state index contributed by atoms with van der Waals surface area (Å²) in [5.41, 5.74) is 0. The molecule has 0 saturated carbocycles. The summed E-state index contributed by atoms with van der Waals surface area (Å²) < 4.78 is 70.9. The van der Waals surface area contributed by atoms with Crippen LogP contribution in [0.25, 0.3) is 9.75 Å². The number of halogens is 4. The zero-order chi connectivity index (χ0) is 29.8. The Kier molecular flexibility index (Phi) is 17.1. The summed E-state index contributed by atoms with van der Waals surface area (Å²) in [5, 5.41) is 0. The van der Waals surface area contributed by atoms with E-state index < -0.39 is 60.0 Å². The molecular formula is C32H54F4S2Sn2. The van der Waals surface area contributed by atoms with E-state index in [9.17, 15) is 0 Å². The third kappa shape index (κ3) is 8.89. The second kappa shape index (κ2) is 18.5. The van der Waals surface area contributed by atoms with Crippen molar-refractivity contribution in [1.82, 2.24) is 0 Å². The molecule has 0 aliphatic rings. The molecule has 0 radical (unpaired) electrons. The molecule has 2 heterocycles. The molecule has 0 unspecified atom stereocenters. The average Bonchev–Trinajstić information content (AvgIpc) is 3.43. The Balaban J connectivity index is 2.73. The number of unbranched alkanes of at least 4 members (excludes halogenated alkanes) is 6. The van der Waals surface area contributed by atoms with Gasteiger partial charge in [-0.1, -0.05) is 0 Å². The minimum atomic E-state index is -3.30. The van der Waals surface area contributed by atoms with Gasteiger partial charge in [-0.2, -0.15) is 0 Å². The van der Waals surface area contributed by atoms with Gasteiger partial charge in [0, 0.05) is 0 Å². The predicted molar refractivity (Wildman–Crippen MR) is 177 cm³/mol. The molecular weight excluding hydrogens is 762 g/mol. The molecule has 2 aromatic heterocycles. The SMILES string of the molecule is CCC[CH2][Sn]([CH2]CCC)([CH2]CCC)[c]1sc(-c2s[c]([Sn]([CH2]CCC)([CH2]CCC)[CH2]CCC)c(F)c2F)c(F)c1F. The Labute approximate surface area is 258 Å². The third-order valence-corrected chi connectivity index (χ3v) is 47.6. The van der Waals surface area contributed by atoms with Gasteiger partial charge in [0.25, 0.3) is 0 Å². The maximum atomic E-state index is 15.9. The summed E-state index contributed by atoms with van der Waals surface area (Å²) in [6, 6.07) is 0. The van der Waals surface area contributed by atoms with Gasteiger partial charge in [-0.25, -0.2) is 0 Å².